The normalized spacial score (nSPS) is 12.7. The summed E-state index contributed by atoms with van der Waals surface area (Å²) in [5, 5.41) is 2.85. The fourth-order valence-corrected chi connectivity index (χ4v) is 2.00. The second kappa shape index (κ2) is 7.17. The Morgan fingerprint density at radius 3 is 2.76 bits per heavy atom. The molecule has 1 aliphatic rings. The minimum absolute atomic E-state index is 0.162. The average molecular weight is 294 g/mol. The Morgan fingerprint density at radius 1 is 1.33 bits per heavy atom. The number of amides is 1. The van der Waals surface area contributed by atoms with Gasteiger partial charge < -0.3 is 25.3 Å². The summed E-state index contributed by atoms with van der Waals surface area (Å²) in [5.74, 6) is 0.935. The Morgan fingerprint density at radius 2 is 2.05 bits per heavy atom. The van der Waals surface area contributed by atoms with Crippen LogP contribution in [0.1, 0.15) is 37.0 Å². The van der Waals surface area contributed by atoms with Gasteiger partial charge in [0.1, 0.15) is 0 Å². The Labute approximate surface area is 124 Å². The zero-order valence-corrected chi connectivity index (χ0v) is 12.5. The number of fused-ring (bicyclic) bond motifs is 1. The van der Waals surface area contributed by atoms with E-state index in [2.05, 4.69) is 5.32 Å². The molecule has 0 aliphatic carbocycles. The highest BCUT2D eigenvalue weighted by Crippen LogP contribution is 2.35. The predicted octanol–water partition coefficient (Wildman–Crippen LogP) is 1.93. The summed E-state index contributed by atoms with van der Waals surface area (Å²) < 4.78 is 15.9. The van der Waals surface area contributed by atoms with E-state index in [1.807, 2.05) is 13.8 Å². The molecule has 1 aliphatic heterocycles. The van der Waals surface area contributed by atoms with Crippen molar-refractivity contribution < 1.29 is 19.0 Å². The van der Waals surface area contributed by atoms with Gasteiger partial charge in [-0.15, -0.1) is 0 Å². The van der Waals surface area contributed by atoms with Gasteiger partial charge in [-0.1, -0.05) is 0 Å². The summed E-state index contributed by atoms with van der Waals surface area (Å²) in [4.78, 5) is 12.1. The largest absolute Gasteiger partial charge is 0.454 e. The first kappa shape index (κ1) is 15.4. The molecule has 116 valence electrons. The molecule has 0 bridgehead atoms. The van der Waals surface area contributed by atoms with Crippen LogP contribution in [-0.2, 0) is 4.74 Å². The monoisotopic (exact) mass is 294 g/mol. The summed E-state index contributed by atoms with van der Waals surface area (Å²) in [7, 11) is 0. The molecule has 1 aromatic carbocycles. The fourth-order valence-electron chi connectivity index (χ4n) is 2.00. The number of nitrogens with one attached hydrogen (secondary N) is 1. The number of nitrogens with two attached hydrogens (primary N) is 1. The second-order valence-corrected chi connectivity index (χ2v) is 5.18. The maximum atomic E-state index is 12.1. The molecule has 21 heavy (non-hydrogen) atoms. The van der Waals surface area contributed by atoms with Crippen LogP contribution in [0, 0.1) is 0 Å². The number of anilines is 1. The Balaban J connectivity index is 1.79. The summed E-state index contributed by atoms with van der Waals surface area (Å²) >= 11 is 0. The number of carbonyl (C=O) groups is 1. The molecule has 0 saturated carbocycles. The van der Waals surface area contributed by atoms with E-state index >= 15 is 0 Å². The lowest BCUT2D eigenvalue weighted by Crippen LogP contribution is -2.25. The quantitative estimate of drug-likeness (QED) is 0.593. The first-order chi connectivity index (χ1) is 10.1. The Bertz CT molecular complexity index is 503. The minimum Gasteiger partial charge on any atom is -0.454 e. The third-order valence-electron chi connectivity index (χ3n) is 3.10. The highest BCUT2D eigenvalue weighted by atomic mass is 16.7. The third-order valence-corrected chi connectivity index (χ3v) is 3.10. The van der Waals surface area contributed by atoms with Crippen LogP contribution in [-0.4, -0.2) is 32.0 Å². The van der Waals surface area contributed by atoms with Crippen LogP contribution in [0.4, 0.5) is 5.69 Å². The first-order valence-electron chi connectivity index (χ1n) is 7.17. The number of hydrogen-bond donors (Lipinski definition) is 2. The lowest BCUT2D eigenvalue weighted by atomic mass is 10.1. The molecule has 0 radical (unpaired) electrons. The van der Waals surface area contributed by atoms with Gasteiger partial charge in [-0.05, 0) is 32.8 Å². The molecule has 6 heteroatoms. The van der Waals surface area contributed by atoms with Crippen molar-refractivity contribution in [3.05, 3.63) is 17.7 Å². The Kier molecular flexibility index (Phi) is 5.27. The first-order valence-corrected chi connectivity index (χ1v) is 7.17. The van der Waals surface area contributed by atoms with Crippen LogP contribution in [0.25, 0.3) is 0 Å². The molecule has 0 atom stereocenters. The number of benzene rings is 1. The third kappa shape index (κ3) is 4.26. The van der Waals surface area contributed by atoms with Crippen molar-refractivity contribution in [3.63, 3.8) is 0 Å². The van der Waals surface area contributed by atoms with E-state index < -0.39 is 0 Å². The van der Waals surface area contributed by atoms with E-state index in [1.54, 1.807) is 12.1 Å². The van der Waals surface area contributed by atoms with Gasteiger partial charge in [-0.25, -0.2) is 0 Å². The molecule has 1 amide bonds. The number of hydrogen-bond acceptors (Lipinski definition) is 5. The van der Waals surface area contributed by atoms with Crippen molar-refractivity contribution in [2.24, 2.45) is 0 Å². The SMILES string of the molecule is CC(C)OCCCCNC(=O)c1cc2c(cc1N)OCO2. The number of rotatable bonds is 7. The van der Waals surface area contributed by atoms with Crippen LogP contribution < -0.4 is 20.5 Å². The van der Waals surface area contributed by atoms with Crippen LogP contribution in [0.15, 0.2) is 12.1 Å². The molecule has 0 fully saturated rings. The fraction of sp³-hybridized carbons (Fsp3) is 0.533. The number of unbranched alkanes of at least 4 members (excludes halogenated alkanes) is 1. The maximum Gasteiger partial charge on any atom is 0.253 e. The van der Waals surface area contributed by atoms with Gasteiger partial charge in [-0.3, -0.25) is 4.79 Å². The van der Waals surface area contributed by atoms with Gasteiger partial charge in [0, 0.05) is 24.9 Å². The number of nitrogen functional groups attached to an aromatic ring is 1. The molecule has 6 nitrogen and oxygen atoms in total. The van der Waals surface area contributed by atoms with Crippen LogP contribution >= 0.6 is 0 Å². The number of carbonyl (C=O) groups excluding carboxylic acids is 1. The number of ether oxygens (including phenoxy) is 3. The van der Waals surface area contributed by atoms with Crippen LogP contribution in [0.2, 0.25) is 0 Å². The van der Waals surface area contributed by atoms with E-state index in [0.29, 0.717) is 35.9 Å². The highest BCUT2D eigenvalue weighted by Gasteiger charge is 2.19. The van der Waals surface area contributed by atoms with Crippen LogP contribution in [0.3, 0.4) is 0 Å². The van der Waals surface area contributed by atoms with Crippen molar-refractivity contribution in [2.75, 3.05) is 25.7 Å². The van der Waals surface area contributed by atoms with E-state index in [1.165, 1.54) is 0 Å². The van der Waals surface area contributed by atoms with Gasteiger partial charge in [0.2, 0.25) is 6.79 Å². The van der Waals surface area contributed by atoms with E-state index in [4.69, 9.17) is 19.9 Å². The molecule has 0 spiro atoms. The lowest BCUT2D eigenvalue weighted by molar-refractivity contribution is 0.0754. The van der Waals surface area contributed by atoms with Gasteiger partial charge in [0.15, 0.2) is 11.5 Å². The van der Waals surface area contributed by atoms with Gasteiger partial charge in [-0.2, -0.15) is 0 Å². The average Bonchev–Trinajstić information content (AvgIpc) is 2.88. The van der Waals surface area contributed by atoms with E-state index in [9.17, 15) is 4.79 Å². The molecule has 3 N–H and O–H groups in total. The molecular weight excluding hydrogens is 272 g/mol. The molecule has 1 aromatic rings. The molecule has 0 saturated heterocycles. The van der Waals surface area contributed by atoms with Crippen LogP contribution in [0.5, 0.6) is 11.5 Å². The topological polar surface area (TPSA) is 82.8 Å². The van der Waals surface area contributed by atoms with Crippen molar-refractivity contribution in [1.82, 2.24) is 5.32 Å². The van der Waals surface area contributed by atoms with Gasteiger partial charge in [0.05, 0.1) is 11.7 Å². The van der Waals surface area contributed by atoms with Crippen molar-refractivity contribution >= 4 is 11.6 Å². The minimum atomic E-state index is -0.199. The standard InChI is InChI=1S/C15H22N2O4/c1-10(2)19-6-4-3-5-17-15(18)11-7-13-14(8-12(11)16)21-9-20-13/h7-8,10H,3-6,9,16H2,1-2H3,(H,17,18). The van der Waals surface area contributed by atoms with E-state index in [-0.39, 0.29) is 18.8 Å². The molecule has 0 unspecified atom stereocenters. The maximum absolute atomic E-state index is 12.1. The van der Waals surface area contributed by atoms with Gasteiger partial charge in [0.25, 0.3) is 5.91 Å². The summed E-state index contributed by atoms with van der Waals surface area (Å²) in [6.07, 6.45) is 2.02. The highest BCUT2D eigenvalue weighted by molar-refractivity contribution is 6.00. The molecule has 0 aromatic heterocycles. The summed E-state index contributed by atoms with van der Waals surface area (Å²) in [6.45, 7) is 5.47. The summed E-state index contributed by atoms with van der Waals surface area (Å²) in [6, 6.07) is 3.24. The Hall–Kier alpha value is -1.95. The lowest BCUT2D eigenvalue weighted by Gasteiger charge is -2.09. The van der Waals surface area contributed by atoms with Crippen molar-refractivity contribution in [3.8, 4) is 11.5 Å². The van der Waals surface area contributed by atoms with Crippen molar-refractivity contribution in [2.45, 2.75) is 32.8 Å². The molecule has 2 rings (SSSR count). The van der Waals surface area contributed by atoms with Gasteiger partial charge >= 0.3 is 0 Å². The van der Waals surface area contributed by atoms with Crippen molar-refractivity contribution in [1.29, 1.82) is 0 Å². The van der Waals surface area contributed by atoms with E-state index in [0.717, 1.165) is 12.8 Å². The summed E-state index contributed by atoms with van der Waals surface area (Å²) in [5.41, 5.74) is 6.67. The predicted molar refractivity (Wildman–Crippen MR) is 79.6 cm³/mol. The zero-order valence-electron chi connectivity index (χ0n) is 12.5. The molecule has 1 heterocycles. The molecular formula is C15H22N2O4. The smallest absolute Gasteiger partial charge is 0.253 e. The second-order valence-electron chi connectivity index (χ2n) is 5.18. The zero-order chi connectivity index (χ0) is 15.2.